The van der Waals surface area contributed by atoms with Gasteiger partial charge in [0.15, 0.2) is 0 Å². The molecule has 2 aromatic rings. The van der Waals surface area contributed by atoms with Gasteiger partial charge in [0, 0.05) is 42.6 Å². The molecule has 0 atom stereocenters. The first-order chi connectivity index (χ1) is 14.5. The van der Waals surface area contributed by atoms with Gasteiger partial charge in [0.25, 0.3) is 11.1 Å². The van der Waals surface area contributed by atoms with Crippen LogP contribution in [0, 0.1) is 13.8 Å². The van der Waals surface area contributed by atoms with Crippen molar-refractivity contribution < 1.29 is 14.4 Å². The Balaban J connectivity index is 1.54. The molecule has 0 spiro atoms. The number of hydrogen-bond acceptors (Lipinski definition) is 5. The largest absolute Gasteiger partial charge is 0.341 e. The summed E-state index contributed by atoms with van der Waals surface area (Å²) in [6, 6.07) is 5.83. The molecule has 0 aliphatic carbocycles. The standard InChI is InChI=1S/C22H24N4O3S/c1-15-12-17(16(2)26(15)18-6-8-23-9-7-18)13-19-21(28)25(22(29)30-19)14-20(27)24-10-4-3-5-11-24/h6-9,12-13H,3-5,10-11,14H2,1-2H3. The highest BCUT2D eigenvalue weighted by atomic mass is 32.2. The van der Waals surface area contributed by atoms with E-state index in [4.69, 9.17) is 0 Å². The van der Waals surface area contributed by atoms with Crippen LogP contribution in [0.5, 0.6) is 0 Å². The second-order valence-corrected chi connectivity index (χ2v) is 8.57. The maximum atomic E-state index is 12.8. The minimum absolute atomic E-state index is 0.158. The van der Waals surface area contributed by atoms with Crippen molar-refractivity contribution in [2.24, 2.45) is 0 Å². The number of likely N-dealkylation sites (tertiary alicyclic amines) is 1. The van der Waals surface area contributed by atoms with Gasteiger partial charge in [-0.05, 0) is 74.7 Å². The Labute approximate surface area is 179 Å². The van der Waals surface area contributed by atoms with Crippen LogP contribution in [-0.2, 0) is 9.59 Å². The summed E-state index contributed by atoms with van der Waals surface area (Å²) in [4.78, 5) is 45.0. The van der Waals surface area contributed by atoms with Crippen LogP contribution in [-0.4, -0.2) is 56.0 Å². The van der Waals surface area contributed by atoms with E-state index < -0.39 is 5.91 Å². The third-order valence-electron chi connectivity index (χ3n) is 5.55. The van der Waals surface area contributed by atoms with Crippen LogP contribution < -0.4 is 0 Å². The molecule has 30 heavy (non-hydrogen) atoms. The van der Waals surface area contributed by atoms with Crippen LogP contribution in [0.25, 0.3) is 11.8 Å². The fraction of sp³-hybridized carbons (Fsp3) is 0.364. The highest BCUT2D eigenvalue weighted by Crippen LogP contribution is 2.33. The van der Waals surface area contributed by atoms with Crippen LogP contribution in [0.3, 0.4) is 0 Å². The number of hydrogen-bond donors (Lipinski definition) is 0. The first-order valence-corrected chi connectivity index (χ1v) is 10.9. The lowest BCUT2D eigenvalue weighted by molar-refractivity contribution is -0.136. The van der Waals surface area contributed by atoms with Crippen molar-refractivity contribution in [1.29, 1.82) is 0 Å². The number of aromatic nitrogens is 2. The van der Waals surface area contributed by atoms with Gasteiger partial charge in [0.1, 0.15) is 6.54 Å². The van der Waals surface area contributed by atoms with E-state index in [1.165, 1.54) is 0 Å². The maximum Gasteiger partial charge on any atom is 0.294 e. The highest BCUT2D eigenvalue weighted by Gasteiger charge is 2.37. The van der Waals surface area contributed by atoms with Crippen LogP contribution in [0.1, 0.15) is 36.2 Å². The lowest BCUT2D eigenvalue weighted by atomic mass is 10.1. The van der Waals surface area contributed by atoms with Crippen molar-refractivity contribution in [3.05, 3.63) is 52.4 Å². The van der Waals surface area contributed by atoms with Crippen molar-refractivity contribution in [2.75, 3.05) is 19.6 Å². The molecule has 0 radical (unpaired) electrons. The number of aryl methyl sites for hydroxylation is 1. The van der Waals surface area contributed by atoms with Gasteiger partial charge in [0.2, 0.25) is 5.91 Å². The summed E-state index contributed by atoms with van der Waals surface area (Å²) in [6.45, 7) is 5.19. The molecule has 7 nitrogen and oxygen atoms in total. The molecule has 2 fully saturated rings. The number of amides is 3. The zero-order valence-corrected chi connectivity index (χ0v) is 17.9. The monoisotopic (exact) mass is 424 g/mol. The van der Waals surface area contributed by atoms with Gasteiger partial charge >= 0.3 is 0 Å². The summed E-state index contributed by atoms with van der Waals surface area (Å²) in [5, 5.41) is -0.389. The molecular weight excluding hydrogens is 400 g/mol. The summed E-state index contributed by atoms with van der Waals surface area (Å²) in [7, 11) is 0. The Hall–Kier alpha value is -2.87. The fourth-order valence-corrected chi connectivity index (χ4v) is 4.81. The minimum Gasteiger partial charge on any atom is -0.341 e. The second kappa shape index (κ2) is 8.47. The molecule has 0 aromatic carbocycles. The van der Waals surface area contributed by atoms with E-state index in [1.807, 2.05) is 32.0 Å². The number of thioether (sulfide) groups is 1. The van der Waals surface area contributed by atoms with E-state index in [1.54, 1.807) is 23.4 Å². The number of piperidine rings is 1. The summed E-state index contributed by atoms with van der Waals surface area (Å²) in [5.41, 5.74) is 3.84. The van der Waals surface area contributed by atoms with E-state index in [0.29, 0.717) is 18.0 Å². The highest BCUT2D eigenvalue weighted by molar-refractivity contribution is 8.18. The first kappa shape index (κ1) is 20.4. The van der Waals surface area contributed by atoms with Crippen molar-refractivity contribution >= 4 is 34.9 Å². The van der Waals surface area contributed by atoms with Gasteiger partial charge < -0.3 is 9.47 Å². The predicted octanol–water partition coefficient (Wildman–Crippen LogP) is 3.54. The van der Waals surface area contributed by atoms with Gasteiger partial charge in [-0.15, -0.1) is 0 Å². The summed E-state index contributed by atoms with van der Waals surface area (Å²) >= 11 is 0.893. The Morgan fingerprint density at radius 2 is 1.83 bits per heavy atom. The molecule has 0 N–H and O–H groups in total. The summed E-state index contributed by atoms with van der Waals surface area (Å²) in [6.07, 6.45) is 8.28. The van der Waals surface area contributed by atoms with Crippen LogP contribution in [0.15, 0.2) is 35.5 Å². The molecule has 2 aliphatic heterocycles. The number of rotatable bonds is 4. The molecule has 0 saturated carbocycles. The quantitative estimate of drug-likeness (QED) is 0.702. The SMILES string of the molecule is Cc1cc(C=C2SC(=O)N(CC(=O)N3CCCCC3)C2=O)c(C)n1-c1ccncc1. The number of carbonyl (C=O) groups is 3. The molecule has 0 bridgehead atoms. The lowest BCUT2D eigenvalue weighted by Crippen LogP contribution is -2.44. The number of pyridine rings is 1. The predicted molar refractivity (Wildman–Crippen MR) is 116 cm³/mol. The van der Waals surface area contributed by atoms with E-state index >= 15 is 0 Å². The summed E-state index contributed by atoms with van der Waals surface area (Å²) in [5.74, 6) is -0.557. The Morgan fingerprint density at radius 1 is 1.13 bits per heavy atom. The Bertz CT molecular complexity index is 1020. The van der Waals surface area contributed by atoms with Gasteiger partial charge in [-0.25, -0.2) is 0 Å². The zero-order valence-electron chi connectivity index (χ0n) is 17.1. The molecule has 0 unspecified atom stereocenters. The molecule has 2 saturated heterocycles. The molecule has 2 aliphatic rings. The molecule has 2 aromatic heterocycles. The van der Waals surface area contributed by atoms with Crippen LogP contribution >= 0.6 is 11.8 Å². The maximum absolute atomic E-state index is 12.8. The molecule has 8 heteroatoms. The first-order valence-electron chi connectivity index (χ1n) is 10.1. The van der Waals surface area contributed by atoms with Crippen molar-refractivity contribution in [3.63, 3.8) is 0 Å². The topological polar surface area (TPSA) is 75.5 Å². The number of carbonyl (C=O) groups excluding carboxylic acids is 3. The molecule has 156 valence electrons. The number of nitrogens with zero attached hydrogens (tertiary/aromatic N) is 4. The lowest BCUT2D eigenvalue weighted by Gasteiger charge is -2.27. The number of imide groups is 1. The van der Waals surface area contributed by atoms with Gasteiger partial charge in [0.05, 0.1) is 4.91 Å². The van der Waals surface area contributed by atoms with E-state index in [9.17, 15) is 14.4 Å². The average molecular weight is 425 g/mol. The average Bonchev–Trinajstić information content (AvgIpc) is 3.18. The van der Waals surface area contributed by atoms with Crippen LogP contribution in [0.4, 0.5) is 4.79 Å². The third-order valence-corrected chi connectivity index (χ3v) is 6.46. The molecule has 4 rings (SSSR count). The normalized spacial score (nSPS) is 18.5. The molecule has 4 heterocycles. The zero-order chi connectivity index (χ0) is 21.3. The van der Waals surface area contributed by atoms with Gasteiger partial charge in [-0.3, -0.25) is 24.3 Å². The molecular formula is C22H24N4O3S. The van der Waals surface area contributed by atoms with Crippen LogP contribution in [0.2, 0.25) is 0 Å². The second-order valence-electron chi connectivity index (χ2n) is 7.58. The summed E-state index contributed by atoms with van der Waals surface area (Å²) < 4.78 is 2.08. The Morgan fingerprint density at radius 3 is 2.53 bits per heavy atom. The van der Waals surface area contributed by atoms with Crippen molar-refractivity contribution in [3.8, 4) is 5.69 Å². The van der Waals surface area contributed by atoms with E-state index in [-0.39, 0.29) is 17.7 Å². The third kappa shape index (κ3) is 3.92. The van der Waals surface area contributed by atoms with E-state index in [2.05, 4.69) is 9.55 Å². The molecule has 3 amide bonds. The van der Waals surface area contributed by atoms with Crippen molar-refractivity contribution in [2.45, 2.75) is 33.1 Å². The Kier molecular flexibility index (Phi) is 5.76. The van der Waals surface area contributed by atoms with Crippen molar-refractivity contribution in [1.82, 2.24) is 19.4 Å². The smallest absolute Gasteiger partial charge is 0.294 e. The van der Waals surface area contributed by atoms with Gasteiger partial charge in [-0.2, -0.15) is 0 Å². The van der Waals surface area contributed by atoms with Gasteiger partial charge in [-0.1, -0.05) is 0 Å². The fourth-order valence-electron chi connectivity index (χ4n) is 3.98. The van der Waals surface area contributed by atoms with E-state index in [0.717, 1.165) is 58.6 Å². The minimum atomic E-state index is -0.399.